The molecule has 0 unspecified atom stereocenters. The molecule has 0 saturated carbocycles. The van der Waals surface area contributed by atoms with Gasteiger partial charge in [0.15, 0.2) is 0 Å². The zero-order chi connectivity index (χ0) is 47.2. The van der Waals surface area contributed by atoms with Crippen molar-refractivity contribution in [3.8, 4) is 0 Å². The largest absolute Gasteiger partial charge is 0.405 e. The van der Waals surface area contributed by atoms with Crippen LogP contribution in [0.2, 0.25) is 5.04 Å². The molecule has 2 aromatic rings. The van der Waals surface area contributed by atoms with Crippen LogP contribution in [0.3, 0.4) is 0 Å². The van der Waals surface area contributed by atoms with Crippen LogP contribution in [0.5, 0.6) is 0 Å². The molecule has 0 radical (unpaired) electrons. The number of benzene rings is 2. The molecule has 2 rings (SSSR count). The minimum Gasteiger partial charge on any atom is -0.405 e. The second-order valence-corrected chi connectivity index (χ2v) is 21.8. The van der Waals surface area contributed by atoms with Gasteiger partial charge in [0.2, 0.25) is 0 Å². The van der Waals surface area contributed by atoms with Crippen molar-refractivity contribution in [2.45, 2.75) is 116 Å². The van der Waals surface area contributed by atoms with Crippen LogP contribution in [0.25, 0.3) is 0 Å². The lowest BCUT2D eigenvalue weighted by molar-refractivity contribution is -0.0277. The molecule has 0 aromatic heterocycles. The third-order valence-electron chi connectivity index (χ3n) is 11.1. The van der Waals surface area contributed by atoms with E-state index in [1.165, 1.54) is 87.4 Å². The first-order chi connectivity index (χ1) is 32.5. The van der Waals surface area contributed by atoms with Crippen molar-refractivity contribution in [3.63, 3.8) is 0 Å². The van der Waals surface area contributed by atoms with Gasteiger partial charge < -0.3 is 56.5 Å². The average molecular weight is 951 g/mol. The zero-order valence-electron chi connectivity index (χ0n) is 42.1. The maximum Gasteiger partial charge on any atom is 0.261 e. The smallest absolute Gasteiger partial charge is 0.261 e. The number of unbranched alkanes of at least 4 members (excludes halogenated alkanes) is 12. The highest BCUT2D eigenvalue weighted by molar-refractivity contribution is 6.99. The van der Waals surface area contributed by atoms with Gasteiger partial charge in [-0.15, -0.1) is 0 Å². The van der Waals surface area contributed by atoms with Gasteiger partial charge >= 0.3 is 0 Å². The van der Waals surface area contributed by atoms with E-state index in [0.29, 0.717) is 145 Å². The molecule has 2 aromatic carbocycles. The van der Waals surface area contributed by atoms with Crippen molar-refractivity contribution in [1.29, 1.82) is 0 Å². The molecule has 0 atom stereocenters. The summed E-state index contributed by atoms with van der Waals surface area (Å²) in [5.41, 5.74) is 0. The standard InChI is InChI=1S/C53H94O12Si/c1-5-6-7-8-9-10-11-12-13-14-15-16-23-28-54-29-30-55-31-32-56-33-34-57-35-36-58-37-38-59-39-40-60-41-42-61-43-44-62-45-46-63-47-48-64-49-50-65-66(53(2,3)4,51-24-19-17-20-25-51)52-26-21-18-22-27-52/h17-22,24-27H,5-16,23,28-50H2,1-4H3. The molecule has 0 N–H and O–H groups in total. The fourth-order valence-electron chi connectivity index (χ4n) is 7.54. The first-order valence-corrected chi connectivity index (χ1v) is 27.5. The Morgan fingerprint density at radius 1 is 0.288 bits per heavy atom. The van der Waals surface area contributed by atoms with Gasteiger partial charge in [0, 0.05) is 6.61 Å². The molecule has 0 aliphatic heterocycles. The number of hydrogen-bond acceptors (Lipinski definition) is 12. The molecule has 0 heterocycles. The van der Waals surface area contributed by atoms with E-state index < -0.39 is 8.32 Å². The fraction of sp³-hybridized carbons (Fsp3) is 0.774. The van der Waals surface area contributed by atoms with Crippen LogP contribution in [-0.4, -0.2) is 160 Å². The number of rotatable bonds is 50. The van der Waals surface area contributed by atoms with Crippen LogP contribution in [0, 0.1) is 0 Å². The zero-order valence-corrected chi connectivity index (χ0v) is 43.1. The molecule has 0 spiro atoms. The predicted molar refractivity (Wildman–Crippen MR) is 268 cm³/mol. The van der Waals surface area contributed by atoms with E-state index in [0.717, 1.165) is 13.0 Å². The molecule has 0 aliphatic carbocycles. The van der Waals surface area contributed by atoms with E-state index in [4.69, 9.17) is 56.5 Å². The molecule has 0 bridgehead atoms. The summed E-state index contributed by atoms with van der Waals surface area (Å²) in [6, 6.07) is 21.3. The van der Waals surface area contributed by atoms with Crippen molar-refractivity contribution < 1.29 is 56.5 Å². The Balaban J connectivity index is 1.21. The Hall–Kier alpha value is -1.82. The van der Waals surface area contributed by atoms with E-state index in [1.54, 1.807) is 0 Å². The minimum atomic E-state index is -2.54. The van der Waals surface area contributed by atoms with Gasteiger partial charge in [-0.2, -0.15) is 0 Å². The fourth-order valence-corrected chi connectivity index (χ4v) is 12.1. The molecule has 0 saturated heterocycles. The summed E-state index contributed by atoms with van der Waals surface area (Å²) in [7, 11) is -2.54. The molecule has 0 fully saturated rings. The first-order valence-electron chi connectivity index (χ1n) is 25.6. The lowest BCUT2D eigenvalue weighted by atomic mass is 10.0. The monoisotopic (exact) mass is 951 g/mol. The van der Waals surface area contributed by atoms with Gasteiger partial charge in [0.05, 0.1) is 145 Å². The molecule has 0 amide bonds. The van der Waals surface area contributed by atoms with Crippen LogP contribution in [0.1, 0.15) is 111 Å². The van der Waals surface area contributed by atoms with E-state index in [9.17, 15) is 0 Å². The van der Waals surface area contributed by atoms with E-state index in [-0.39, 0.29) is 5.04 Å². The Morgan fingerprint density at radius 3 is 0.773 bits per heavy atom. The van der Waals surface area contributed by atoms with Crippen molar-refractivity contribution in [2.75, 3.05) is 152 Å². The summed E-state index contributed by atoms with van der Waals surface area (Å²) in [5, 5.41) is 2.48. The van der Waals surface area contributed by atoms with Crippen LogP contribution in [0.4, 0.5) is 0 Å². The van der Waals surface area contributed by atoms with E-state index in [2.05, 4.69) is 88.4 Å². The minimum absolute atomic E-state index is 0.0572. The van der Waals surface area contributed by atoms with Gasteiger partial charge in [0.25, 0.3) is 8.32 Å². The van der Waals surface area contributed by atoms with Crippen molar-refractivity contribution in [2.24, 2.45) is 0 Å². The third-order valence-corrected chi connectivity index (χ3v) is 16.1. The SMILES string of the molecule is CCCCCCCCCCCCCCCOCCOCCOCCOCCOCCOCCOCCOCCOCCOCCOCCO[Si](c1ccccc1)(c1ccccc1)C(C)(C)C. The van der Waals surface area contributed by atoms with Crippen molar-refractivity contribution in [3.05, 3.63) is 60.7 Å². The maximum atomic E-state index is 6.86. The van der Waals surface area contributed by atoms with Gasteiger partial charge in [-0.05, 0) is 21.8 Å². The third kappa shape index (κ3) is 32.1. The molecule has 66 heavy (non-hydrogen) atoms. The highest BCUT2D eigenvalue weighted by Gasteiger charge is 2.50. The van der Waals surface area contributed by atoms with Crippen LogP contribution in [0.15, 0.2) is 60.7 Å². The summed E-state index contributed by atoms with van der Waals surface area (Å²) in [6.45, 7) is 21.6. The first kappa shape index (κ1) is 60.3. The Kier molecular flexibility index (Phi) is 40.6. The topological polar surface area (TPSA) is 111 Å². The summed E-state index contributed by atoms with van der Waals surface area (Å²) in [5.74, 6) is 0. The summed E-state index contributed by atoms with van der Waals surface area (Å²) in [6.07, 6.45) is 17.8. The van der Waals surface area contributed by atoms with Crippen LogP contribution >= 0.6 is 0 Å². The second kappa shape index (κ2) is 44.4. The van der Waals surface area contributed by atoms with Crippen molar-refractivity contribution >= 4 is 18.7 Å². The van der Waals surface area contributed by atoms with E-state index >= 15 is 0 Å². The summed E-state index contributed by atoms with van der Waals surface area (Å²) < 4.78 is 68.7. The van der Waals surface area contributed by atoms with Gasteiger partial charge in [0.1, 0.15) is 0 Å². The van der Waals surface area contributed by atoms with E-state index in [1.807, 2.05) is 0 Å². The highest BCUT2D eigenvalue weighted by Crippen LogP contribution is 2.36. The normalized spacial score (nSPS) is 12.1. The van der Waals surface area contributed by atoms with Gasteiger partial charge in [-0.25, -0.2) is 0 Å². The molecule has 0 aliphatic rings. The maximum absolute atomic E-state index is 6.86. The predicted octanol–water partition coefficient (Wildman–Crippen LogP) is 8.84. The number of ether oxygens (including phenoxy) is 11. The molecular formula is C53H94O12Si. The average Bonchev–Trinajstić information content (AvgIpc) is 3.32. The van der Waals surface area contributed by atoms with Crippen molar-refractivity contribution in [1.82, 2.24) is 0 Å². The Morgan fingerprint density at radius 2 is 0.515 bits per heavy atom. The quantitative estimate of drug-likeness (QED) is 0.0467. The number of hydrogen-bond donors (Lipinski definition) is 0. The molecule has 13 heteroatoms. The molecule has 382 valence electrons. The summed E-state index contributed by atoms with van der Waals surface area (Å²) >= 11 is 0. The molecule has 12 nitrogen and oxygen atoms in total. The van der Waals surface area contributed by atoms with Gasteiger partial charge in [-0.3, -0.25) is 0 Å². The lowest BCUT2D eigenvalue weighted by Crippen LogP contribution is -2.66. The van der Waals surface area contributed by atoms with Gasteiger partial charge in [-0.1, -0.05) is 165 Å². The van der Waals surface area contributed by atoms with Crippen LogP contribution < -0.4 is 10.4 Å². The second-order valence-electron chi connectivity index (χ2n) is 17.5. The highest BCUT2D eigenvalue weighted by atomic mass is 28.4. The Labute approximate surface area is 402 Å². The summed E-state index contributed by atoms with van der Waals surface area (Å²) in [4.78, 5) is 0. The lowest BCUT2D eigenvalue weighted by Gasteiger charge is -2.43. The van der Waals surface area contributed by atoms with Crippen LogP contribution in [-0.2, 0) is 56.5 Å². The molecular weight excluding hydrogens is 857 g/mol. The Bertz CT molecular complexity index is 1230.